The van der Waals surface area contributed by atoms with E-state index < -0.39 is 0 Å². The van der Waals surface area contributed by atoms with Gasteiger partial charge in [0.1, 0.15) is 0 Å². The van der Waals surface area contributed by atoms with Crippen LogP contribution in [-0.4, -0.2) is 25.5 Å². The van der Waals surface area contributed by atoms with Crippen LogP contribution in [0.4, 0.5) is 0 Å². The molecule has 1 aliphatic carbocycles. The minimum absolute atomic E-state index is 0. The molecule has 1 aliphatic rings. The van der Waals surface area contributed by atoms with Crippen LogP contribution in [0.25, 0.3) is 0 Å². The molecule has 0 atom stereocenters. The van der Waals surface area contributed by atoms with Crippen LogP contribution in [-0.2, 0) is 6.54 Å². The maximum absolute atomic E-state index is 12.2. The molecule has 0 aromatic heterocycles. The zero-order valence-corrected chi connectivity index (χ0v) is 15.9. The first-order valence-electron chi connectivity index (χ1n) is 8.87. The number of hydrogen-bond acceptors (Lipinski definition) is 4. The van der Waals surface area contributed by atoms with Crippen molar-refractivity contribution in [2.45, 2.75) is 38.3 Å². The molecule has 2 aromatic rings. The molecule has 0 amide bonds. The van der Waals surface area contributed by atoms with E-state index in [1.54, 1.807) is 19.2 Å². The number of hydrogen-bond donors (Lipinski definition) is 1. The van der Waals surface area contributed by atoms with E-state index in [2.05, 4.69) is 5.32 Å². The maximum atomic E-state index is 12.2. The molecule has 0 aliphatic heterocycles. The van der Waals surface area contributed by atoms with Crippen LogP contribution in [0.5, 0.6) is 11.5 Å². The van der Waals surface area contributed by atoms with Gasteiger partial charge in [0.05, 0.1) is 7.11 Å². The van der Waals surface area contributed by atoms with E-state index in [9.17, 15) is 4.79 Å². The Kier molecular flexibility index (Phi) is 7.95. The molecule has 0 unspecified atom stereocenters. The molecular formula is C21H26ClNO3. The van der Waals surface area contributed by atoms with Crippen molar-refractivity contribution < 1.29 is 14.3 Å². The number of benzene rings is 2. The molecule has 2 aromatic carbocycles. The summed E-state index contributed by atoms with van der Waals surface area (Å²) in [5.74, 6) is 1.21. The minimum Gasteiger partial charge on any atom is -0.493 e. The van der Waals surface area contributed by atoms with Crippen molar-refractivity contribution in [3.05, 3.63) is 59.7 Å². The highest BCUT2D eigenvalue weighted by Crippen LogP contribution is 2.28. The Morgan fingerprint density at radius 3 is 2.50 bits per heavy atom. The fraction of sp³-hybridized carbons (Fsp3) is 0.381. The Labute approximate surface area is 161 Å². The first kappa shape index (κ1) is 20.3. The number of methoxy groups -OCH3 is 1. The van der Waals surface area contributed by atoms with Gasteiger partial charge in [0.15, 0.2) is 23.9 Å². The van der Waals surface area contributed by atoms with Gasteiger partial charge in [-0.25, -0.2) is 0 Å². The van der Waals surface area contributed by atoms with Gasteiger partial charge in [-0.3, -0.25) is 4.79 Å². The summed E-state index contributed by atoms with van der Waals surface area (Å²) >= 11 is 0. The van der Waals surface area contributed by atoms with E-state index >= 15 is 0 Å². The van der Waals surface area contributed by atoms with Gasteiger partial charge < -0.3 is 14.8 Å². The summed E-state index contributed by atoms with van der Waals surface area (Å²) in [5, 5.41) is 3.59. The summed E-state index contributed by atoms with van der Waals surface area (Å²) in [5.41, 5.74) is 1.81. The monoisotopic (exact) mass is 375 g/mol. The normalized spacial score (nSPS) is 13.9. The molecule has 0 saturated heterocycles. The lowest BCUT2D eigenvalue weighted by Gasteiger charge is -2.14. The van der Waals surface area contributed by atoms with Gasteiger partial charge >= 0.3 is 0 Å². The molecule has 5 heteroatoms. The molecule has 3 rings (SSSR count). The first-order valence-corrected chi connectivity index (χ1v) is 8.87. The average Bonchev–Trinajstić information content (AvgIpc) is 3.19. The number of ketones is 1. The molecule has 1 saturated carbocycles. The number of rotatable bonds is 8. The van der Waals surface area contributed by atoms with Gasteiger partial charge in [-0.05, 0) is 30.5 Å². The summed E-state index contributed by atoms with van der Waals surface area (Å²) in [7, 11) is 1.62. The summed E-state index contributed by atoms with van der Waals surface area (Å²) in [6, 6.07) is 15.7. The van der Waals surface area contributed by atoms with Crippen molar-refractivity contribution in [2.75, 3.05) is 13.7 Å². The Morgan fingerprint density at radius 2 is 1.81 bits per heavy atom. The predicted octanol–water partition coefficient (Wildman–Crippen LogP) is 4.41. The van der Waals surface area contributed by atoms with Crippen molar-refractivity contribution >= 4 is 18.2 Å². The van der Waals surface area contributed by atoms with Gasteiger partial charge in [0.25, 0.3) is 0 Å². The lowest BCUT2D eigenvalue weighted by molar-refractivity contribution is 0.0919. The number of nitrogens with one attached hydrogen (secondary N) is 1. The zero-order chi connectivity index (χ0) is 17.5. The molecule has 0 spiro atoms. The quantitative estimate of drug-likeness (QED) is 0.694. The maximum Gasteiger partial charge on any atom is 0.200 e. The number of carbonyl (C=O) groups is 1. The Morgan fingerprint density at radius 1 is 1.08 bits per heavy atom. The summed E-state index contributed by atoms with van der Waals surface area (Å²) in [4.78, 5) is 12.2. The fourth-order valence-electron chi connectivity index (χ4n) is 3.18. The number of carbonyl (C=O) groups excluding carboxylic acids is 1. The molecule has 0 bridgehead atoms. The van der Waals surface area contributed by atoms with Gasteiger partial charge in [-0.15, -0.1) is 12.4 Å². The second kappa shape index (κ2) is 10.2. The van der Waals surface area contributed by atoms with Crippen LogP contribution in [0.3, 0.4) is 0 Å². The van der Waals surface area contributed by atoms with Gasteiger partial charge in [-0.1, -0.05) is 49.2 Å². The Bertz CT molecular complexity index is 700. The topological polar surface area (TPSA) is 47.6 Å². The lowest BCUT2D eigenvalue weighted by Crippen LogP contribution is -2.25. The highest BCUT2D eigenvalue weighted by molar-refractivity contribution is 5.97. The highest BCUT2D eigenvalue weighted by Gasteiger charge is 2.15. The average molecular weight is 376 g/mol. The van der Waals surface area contributed by atoms with Crippen LogP contribution in [0, 0.1) is 0 Å². The fourth-order valence-corrected chi connectivity index (χ4v) is 3.18. The van der Waals surface area contributed by atoms with E-state index in [0.29, 0.717) is 23.1 Å². The minimum atomic E-state index is -0.0466. The van der Waals surface area contributed by atoms with Crippen molar-refractivity contribution in [3.63, 3.8) is 0 Å². The first-order chi connectivity index (χ1) is 12.3. The van der Waals surface area contributed by atoms with E-state index in [-0.39, 0.29) is 24.8 Å². The molecule has 0 heterocycles. The van der Waals surface area contributed by atoms with Crippen molar-refractivity contribution in [1.82, 2.24) is 5.32 Å². The van der Waals surface area contributed by atoms with Gasteiger partial charge in [0, 0.05) is 18.2 Å². The van der Waals surface area contributed by atoms with Crippen molar-refractivity contribution in [2.24, 2.45) is 0 Å². The predicted molar refractivity (Wildman–Crippen MR) is 106 cm³/mol. The number of Topliss-reactive ketones (excluding diaryl/α,β-unsaturated/α-hetero) is 1. The standard InChI is InChI=1S/C21H25NO3.ClH/c1-24-21-13-16(14-22-18-9-5-6-10-18)11-12-20(21)25-15-19(23)17-7-3-2-4-8-17;/h2-4,7-8,11-13,18,22H,5-6,9-10,14-15H2,1H3;1H. The van der Waals surface area contributed by atoms with E-state index in [1.807, 2.05) is 36.4 Å². The lowest BCUT2D eigenvalue weighted by atomic mass is 10.1. The SMILES string of the molecule is COc1cc(CNC2CCCC2)ccc1OCC(=O)c1ccccc1.Cl. The second-order valence-electron chi connectivity index (χ2n) is 6.43. The summed E-state index contributed by atoms with van der Waals surface area (Å²) in [6.07, 6.45) is 5.17. The van der Waals surface area contributed by atoms with Crippen LogP contribution >= 0.6 is 12.4 Å². The molecule has 4 nitrogen and oxygen atoms in total. The Balaban J connectivity index is 0.00000243. The van der Waals surface area contributed by atoms with Crippen LogP contribution in [0.2, 0.25) is 0 Å². The second-order valence-corrected chi connectivity index (χ2v) is 6.43. The van der Waals surface area contributed by atoms with E-state index in [4.69, 9.17) is 9.47 Å². The van der Waals surface area contributed by atoms with Crippen molar-refractivity contribution in [3.8, 4) is 11.5 Å². The largest absolute Gasteiger partial charge is 0.493 e. The number of halogens is 1. The molecule has 140 valence electrons. The molecular weight excluding hydrogens is 350 g/mol. The molecule has 0 radical (unpaired) electrons. The zero-order valence-electron chi connectivity index (χ0n) is 15.1. The van der Waals surface area contributed by atoms with Gasteiger partial charge in [0.2, 0.25) is 0 Å². The smallest absolute Gasteiger partial charge is 0.200 e. The third-order valence-corrected chi connectivity index (χ3v) is 4.63. The van der Waals surface area contributed by atoms with E-state index in [1.165, 1.54) is 25.7 Å². The van der Waals surface area contributed by atoms with Crippen LogP contribution in [0.15, 0.2) is 48.5 Å². The van der Waals surface area contributed by atoms with E-state index in [0.717, 1.165) is 12.1 Å². The third-order valence-electron chi connectivity index (χ3n) is 4.63. The highest BCUT2D eigenvalue weighted by atomic mass is 35.5. The summed E-state index contributed by atoms with van der Waals surface area (Å²) < 4.78 is 11.1. The molecule has 1 fully saturated rings. The molecule has 26 heavy (non-hydrogen) atoms. The molecule has 1 N–H and O–H groups in total. The Hall–Kier alpha value is -2.04. The van der Waals surface area contributed by atoms with Crippen LogP contribution < -0.4 is 14.8 Å². The summed E-state index contributed by atoms with van der Waals surface area (Å²) in [6.45, 7) is 0.824. The van der Waals surface area contributed by atoms with Crippen LogP contribution in [0.1, 0.15) is 41.6 Å². The van der Waals surface area contributed by atoms with Crippen molar-refractivity contribution in [1.29, 1.82) is 0 Å². The number of ether oxygens (including phenoxy) is 2. The van der Waals surface area contributed by atoms with Gasteiger partial charge in [-0.2, -0.15) is 0 Å². The third kappa shape index (κ3) is 5.48.